The van der Waals surface area contributed by atoms with Crippen molar-refractivity contribution in [1.29, 1.82) is 0 Å². The first-order chi connectivity index (χ1) is 8.15. The Morgan fingerprint density at radius 3 is 2.71 bits per heavy atom. The van der Waals surface area contributed by atoms with Crippen LogP contribution in [0.5, 0.6) is 5.75 Å². The van der Waals surface area contributed by atoms with E-state index in [1.807, 2.05) is 0 Å². The van der Waals surface area contributed by atoms with Gasteiger partial charge in [-0.3, -0.25) is 4.79 Å². The number of hydrogen-bond acceptors (Lipinski definition) is 4. The molecule has 1 atom stereocenters. The molecule has 0 spiro atoms. The summed E-state index contributed by atoms with van der Waals surface area (Å²) in [7, 11) is 0. The molecule has 0 aliphatic heterocycles. The number of para-hydroxylation sites is 1. The number of aliphatic hydroxyl groups excluding tert-OH is 1. The predicted molar refractivity (Wildman–Crippen MR) is 64.7 cm³/mol. The average molecular weight is 238 g/mol. The monoisotopic (exact) mass is 238 g/mol. The van der Waals surface area contributed by atoms with Crippen LogP contribution in [0.25, 0.3) is 0 Å². The summed E-state index contributed by atoms with van der Waals surface area (Å²) >= 11 is 0. The first-order valence-corrected chi connectivity index (χ1v) is 5.59. The number of benzene rings is 1. The molecule has 0 aliphatic carbocycles. The quantitative estimate of drug-likeness (QED) is 0.570. The second-order valence-electron chi connectivity index (χ2n) is 3.79. The topological polar surface area (TPSA) is 95.6 Å². The van der Waals surface area contributed by atoms with E-state index >= 15 is 0 Å². The van der Waals surface area contributed by atoms with Crippen molar-refractivity contribution in [2.24, 2.45) is 5.73 Å². The maximum absolute atomic E-state index is 11.6. The Hall–Kier alpha value is -1.59. The molecule has 5 nitrogen and oxygen atoms in total. The molecule has 1 rings (SSSR count). The van der Waals surface area contributed by atoms with Gasteiger partial charge in [0.1, 0.15) is 5.75 Å². The fourth-order valence-electron chi connectivity index (χ4n) is 1.45. The molecule has 0 aromatic heterocycles. The molecule has 0 saturated heterocycles. The fraction of sp³-hybridized carbons (Fsp3) is 0.417. The molecule has 0 bridgehead atoms. The fourth-order valence-corrected chi connectivity index (χ4v) is 1.45. The van der Waals surface area contributed by atoms with E-state index < -0.39 is 6.10 Å². The van der Waals surface area contributed by atoms with Gasteiger partial charge in [-0.05, 0) is 31.5 Å². The number of phenols is 1. The Kier molecular flexibility index (Phi) is 5.45. The normalized spacial score (nSPS) is 12.1. The van der Waals surface area contributed by atoms with E-state index in [1.54, 1.807) is 18.2 Å². The van der Waals surface area contributed by atoms with Gasteiger partial charge in [-0.2, -0.15) is 0 Å². The van der Waals surface area contributed by atoms with E-state index in [0.717, 1.165) is 0 Å². The van der Waals surface area contributed by atoms with E-state index in [-0.39, 0.29) is 17.2 Å². The maximum Gasteiger partial charge on any atom is 0.255 e. The van der Waals surface area contributed by atoms with Gasteiger partial charge in [0.15, 0.2) is 0 Å². The number of amides is 1. The minimum absolute atomic E-state index is 0.0486. The van der Waals surface area contributed by atoms with E-state index in [9.17, 15) is 15.0 Å². The predicted octanol–water partition coefficient (Wildman–Crippen LogP) is 0.222. The van der Waals surface area contributed by atoms with Gasteiger partial charge < -0.3 is 21.3 Å². The largest absolute Gasteiger partial charge is 0.507 e. The number of nitrogens with two attached hydrogens (primary N) is 1. The highest BCUT2D eigenvalue weighted by Gasteiger charge is 2.10. The zero-order valence-corrected chi connectivity index (χ0v) is 9.60. The van der Waals surface area contributed by atoms with Gasteiger partial charge in [-0.25, -0.2) is 0 Å². The van der Waals surface area contributed by atoms with Crippen LogP contribution < -0.4 is 11.1 Å². The third-order valence-electron chi connectivity index (χ3n) is 2.41. The third kappa shape index (κ3) is 4.42. The molecular weight excluding hydrogens is 220 g/mol. The Labute approximate surface area is 100 Å². The van der Waals surface area contributed by atoms with Crippen molar-refractivity contribution >= 4 is 5.91 Å². The van der Waals surface area contributed by atoms with Crippen molar-refractivity contribution in [3.05, 3.63) is 29.8 Å². The van der Waals surface area contributed by atoms with Crippen molar-refractivity contribution in [3.8, 4) is 5.75 Å². The SMILES string of the molecule is NCCC(O)CCNC(=O)c1ccccc1O. The summed E-state index contributed by atoms with van der Waals surface area (Å²) in [5.74, 6) is -0.393. The minimum Gasteiger partial charge on any atom is -0.507 e. The molecule has 0 radical (unpaired) electrons. The van der Waals surface area contributed by atoms with Crippen molar-refractivity contribution in [1.82, 2.24) is 5.32 Å². The smallest absolute Gasteiger partial charge is 0.255 e. The van der Waals surface area contributed by atoms with Gasteiger partial charge in [-0.15, -0.1) is 0 Å². The van der Waals surface area contributed by atoms with Gasteiger partial charge in [0.05, 0.1) is 11.7 Å². The molecule has 5 N–H and O–H groups in total. The van der Waals surface area contributed by atoms with Crippen molar-refractivity contribution in [2.45, 2.75) is 18.9 Å². The van der Waals surface area contributed by atoms with Crippen LogP contribution in [0.3, 0.4) is 0 Å². The lowest BCUT2D eigenvalue weighted by molar-refractivity contribution is 0.0939. The molecule has 0 aliphatic rings. The highest BCUT2D eigenvalue weighted by Crippen LogP contribution is 2.14. The maximum atomic E-state index is 11.6. The van der Waals surface area contributed by atoms with Crippen molar-refractivity contribution in [3.63, 3.8) is 0 Å². The standard InChI is InChI=1S/C12H18N2O3/c13-7-5-9(15)6-8-14-12(17)10-3-1-2-4-11(10)16/h1-4,9,15-16H,5-8,13H2,(H,14,17). The first-order valence-electron chi connectivity index (χ1n) is 5.59. The van der Waals surface area contributed by atoms with E-state index in [2.05, 4.69) is 5.32 Å². The highest BCUT2D eigenvalue weighted by atomic mass is 16.3. The summed E-state index contributed by atoms with van der Waals surface area (Å²) in [6.07, 6.45) is 0.480. The zero-order valence-electron chi connectivity index (χ0n) is 9.60. The minimum atomic E-state index is -0.496. The molecule has 94 valence electrons. The summed E-state index contributed by atoms with van der Waals surface area (Å²) in [5.41, 5.74) is 5.53. The van der Waals surface area contributed by atoms with Crippen LogP contribution in [0, 0.1) is 0 Å². The summed E-state index contributed by atoms with van der Waals surface area (Å²) in [6, 6.07) is 6.33. The second-order valence-corrected chi connectivity index (χ2v) is 3.79. The Balaban J connectivity index is 2.38. The lowest BCUT2D eigenvalue weighted by Crippen LogP contribution is -2.27. The number of nitrogens with one attached hydrogen (secondary N) is 1. The highest BCUT2D eigenvalue weighted by molar-refractivity contribution is 5.96. The number of aromatic hydroxyl groups is 1. The molecule has 0 fully saturated rings. The molecule has 1 aromatic carbocycles. The molecular formula is C12H18N2O3. The summed E-state index contributed by atoms with van der Waals surface area (Å²) in [6.45, 7) is 0.781. The number of carbonyl (C=O) groups excluding carboxylic acids is 1. The molecule has 1 aromatic rings. The summed E-state index contributed by atoms with van der Waals surface area (Å²) < 4.78 is 0. The Morgan fingerprint density at radius 2 is 2.06 bits per heavy atom. The van der Waals surface area contributed by atoms with E-state index in [4.69, 9.17) is 5.73 Å². The molecule has 5 heteroatoms. The number of hydrogen-bond donors (Lipinski definition) is 4. The number of aliphatic hydroxyl groups is 1. The van der Waals surface area contributed by atoms with Gasteiger partial charge >= 0.3 is 0 Å². The number of carbonyl (C=O) groups is 1. The van der Waals surface area contributed by atoms with Gasteiger partial charge in [-0.1, -0.05) is 12.1 Å². The summed E-state index contributed by atoms with van der Waals surface area (Å²) in [4.78, 5) is 11.6. The van der Waals surface area contributed by atoms with Crippen LogP contribution in [0.4, 0.5) is 0 Å². The zero-order chi connectivity index (χ0) is 12.7. The van der Waals surface area contributed by atoms with Crippen molar-refractivity contribution in [2.75, 3.05) is 13.1 Å². The third-order valence-corrected chi connectivity index (χ3v) is 2.41. The average Bonchev–Trinajstić information content (AvgIpc) is 2.29. The van der Waals surface area contributed by atoms with Crippen LogP contribution in [-0.2, 0) is 0 Å². The lowest BCUT2D eigenvalue weighted by Gasteiger charge is -2.10. The van der Waals surface area contributed by atoms with Crippen LogP contribution in [-0.4, -0.2) is 35.3 Å². The van der Waals surface area contributed by atoms with Gasteiger partial charge in [0.25, 0.3) is 5.91 Å². The number of phenolic OH excluding ortho intramolecular Hbond substituents is 1. The van der Waals surface area contributed by atoms with Crippen LogP contribution in [0.2, 0.25) is 0 Å². The second kappa shape index (κ2) is 6.88. The molecule has 1 amide bonds. The Morgan fingerprint density at radius 1 is 1.35 bits per heavy atom. The summed E-state index contributed by atoms with van der Waals surface area (Å²) in [5, 5.41) is 21.5. The van der Waals surface area contributed by atoms with Crippen molar-refractivity contribution < 1.29 is 15.0 Å². The molecule has 1 unspecified atom stereocenters. The first kappa shape index (κ1) is 13.5. The Bertz CT molecular complexity index is 369. The van der Waals surface area contributed by atoms with Gasteiger partial charge in [0.2, 0.25) is 0 Å². The van der Waals surface area contributed by atoms with Gasteiger partial charge in [0, 0.05) is 6.54 Å². The lowest BCUT2D eigenvalue weighted by atomic mass is 10.1. The number of rotatable bonds is 6. The molecule has 17 heavy (non-hydrogen) atoms. The molecule has 0 heterocycles. The molecule has 0 saturated carbocycles. The van der Waals surface area contributed by atoms with Crippen LogP contribution in [0.1, 0.15) is 23.2 Å². The van der Waals surface area contributed by atoms with Crippen LogP contribution >= 0.6 is 0 Å². The van der Waals surface area contributed by atoms with E-state index in [0.29, 0.717) is 25.9 Å². The van der Waals surface area contributed by atoms with Crippen LogP contribution in [0.15, 0.2) is 24.3 Å². The van der Waals surface area contributed by atoms with E-state index in [1.165, 1.54) is 6.07 Å².